The van der Waals surface area contributed by atoms with E-state index in [1.54, 1.807) is 7.11 Å². The molecule has 3 N–H and O–H groups in total. The lowest BCUT2D eigenvalue weighted by molar-refractivity contribution is -0.118. The highest BCUT2D eigenvalue weighted by Crippen LogP contribution is 1.91. The minimum absolute atomic E-state index is 0.239. The van der Waals surface area contributed by atoms with Crippen molar-refractivity contribution < 1.29 is 9.63 Å². The zero-order valence-corrected chi connectivity index (χ0v) is 6.22. The van der Waals surface area contributed by atoms with Gasteiger partial charge in [0.15, 0.2) is 0 Å². The van der Waals surface area contributed by atoms with E-state index in [4.69, 9.17) is 5.73 Å². The smallest absolute Gasteiger partial charge is 0.217 e. The molecule has 0 heterocycles. The van der Waals surface area contributed by atoms with Gasteiger partial charge in [-0.15, -0.1) is 0 Å². The lowest BCUT2D eigenvalue weighted by atomic mass is 10.2. The number of rotatable bonds is 6. The fraction of sp³-hybridized carbons (Fsp3) is 0.833. The second-order valence-corrected chi connectivity index (χ2v) is 2.02. The van der Waals surface area contributed by atoms with E-state index < -0.39 is 0 Å². The van der Waals surface area contributed by atoms with Crippen LogP contribution in [-0.4, -0.2) is 19.6 Å². The van der Waals surface area contributed by atoms with Crippen molar-refractivity contribution in [3.05, 3.63) is 0 Å². The molecule has 0 aliphatic carbocycles. The van der Waals surface area contributed by atoms with Crippen LogP contribution in [0.3, 0.4) is 0 Å². The van der Waals surface area contributed by atoms with E-state index in [-0.39, 0.29) is 5.91 Å². The third kappa shape index (κ3) is 7.39. The van der Waals surface area contributed by atoms with Gasteiger partial charge in [0, 0.05) is 13.0 Å². The van der Waals surface area contributed by atoms with Crippen molar-refractivity contribution in [2.45, 2.75) is 19.3 Å². The van der Waals surface area contributed by atoms with Gasteiger partial charge in [-0.05, 0) is 12.8 Å². The minimum atomic E-state index is -0.239. The van der Waals surface area contributed by atoms with Crippen LogP contribution in [0.5, 0.6) is 0 Å². The highest BCUT2D eigenvalue weighted by Gasteiger charge is 1.92. The fourth-order valence-electron chi connectivity index (χ4n) is 0.598. The van der Waals surface area contributed by atoms with Crippen molar-refractivity contribution in [2.75, 3.05) is 13.7 Å². The standard InChI is InChI=1S/C6H14N2O2/c1-10-8-5-3-2-4-6(7)9/h8H,2-5H2,1H3,(H2,7,9). The van der Waals surface area contributed by atoms with Crippen LogP contribution in [0.15, 0.2) is 0 Å². The second-order valence-electron chi connectivity index (χ2n) is 2.02. The molecule has 0 aromatic carbocycles. The number of nitrogens with two attached hydrogens (primary N) is 1. The number of amides is 1. The van der Waals surface area contributed by atoms with Crippen LogP contribution in [0, 0.1) is 0 Å². The van der Waals surface area contributed by atoms with Gasteiger partial charge in [-0.25, -0.2) is 5.48 Å². The zero-order chi connectivity index (χ0) is 7.82. The maximum atomic E-state index is 10.2. The Labute approximate surface area is 60.7 Å². The Balaban J connectivity index is 2.84. The normalized spacial score (nSPS) is 9.70. The Morgan fingerprint density at radius 2 is 2.30 bits per heavy atom. The summed E-state index contributed by atoms with van der Waals surface area (Å²) in [6.45, 7) is 0.768. The van der Waals surface area contributed by atoms with Crippen molar-refractivity contribution in [3.8, 4) is 0 Å². The zero-order valence-electron chi connectivity index (χ0n) is 6.22. The van der Waals surface area contributed by atoms with E-state index >= 15 is 0 Å². The number of carbonyl (C=O) groups is 1. The number of nitrogens with one attached hydrogen (secondary N) is 1. The van der Waals surface area contributed by atoms with Gasteiger partial charge in [-0.3, -0.25) is 4.79 Å². The van der Waals surface area contributed by atoms with Gasteiger partial charge in [-0.1, -0.05) is 0 Å². The van der Waals surface area contributed by atoms with E-state index in [2.05, 4.69) is 10.3 Å². The Morgan fingerprint density at radius 1 is 1.60 bits per heavy atom. The Bertz CT molecular complexity index is 95.7. The van der Waals surface area contributed by atoms with E-state index in [1.807, 2.05) is 0 Å². The number of primary amides is 1. The molecule has 0 aromatic heterocycles. The largest absolute Gasteiger partial charge is 0.370 e. The first kappa shape index (κ1) is 9.39. The van der Waals surface area contributed by atoms with Crippen LogP contribution in [0.1, 0.15) is 19.3 Å². The van der Waals surface area contributed by atoms with Crippen molar-refractivity contribution in [2.24, 2.45) is 5.73 Å². The highest BCUT2D eigenvalue weighted by atomic mass is 16.6. The molecule has 4 nitrogen and oxygen atoms in total. The van der Waals surface area contributed by atoms with Gasteiger partial charge < -0.3 is 10.6 Å². The fourth-order valence-corrected chi connectivity index (χ4v) is 0.598. The molecule has 0 aromatic rings. The number of hydrogen-bond donors (Lipinski definition) is 2. The molecule has 0 saturated carbocycles. The summed E-state index contributed by atoms with van der Waals surface area (Å²) in [5.41, 5.74) is 7.59. The Hall–Kier alpha value is -0.610. The number of carbonyl (C=O) groups excluding carboxylic acids is 1. The maximum Gasteiger partial charge on any atom is 0.217 e. The van der Waals surface area contributed by atoms with Crippen molar-refractivity contribution in [1.29, 1.82) is 0 Å². The topological polar surface area (TPSA) is 64.3 Å². The predicted molar refractivity (Wildman–Crippen MR) is 38.1 cm³/mol. The Kier molecular flexibility index (Phi) is 6.11. The van der Waals surface area contributed by atoms with E-state index in [0.29, 0.717) is 6.42 Å². The lowest BCUT2D eigenvalue weighted by Crippen LogP contribution is -2.14. The molecule has 0 rings (SSSR count). The summed E-state index contributed by atoms with van der Waals surface area (Å²) in [6, 6.07) is 0. The summed E-state index contributed by atoms with van der Waals surface area (Å²) in [7, 11) is 1.56. The molecule has 0 saturated heterocycles. The summed E-state index contributed by atoms with van der Waals surface area (Å²) in [5, 5.41) is 0. The van der Waals surface area contributed by atoms with Crippen molar-refractivity contribution >= 4 is 5.91 Å². The molecule has 1 amide bonds. The molecule has 0 fully saturated rings. The molecular weight excluding hydrogens is 132 g/mol. The maximum absolute atomic E-state index is 10.2. The first-order chi connectivity index (χ1) is 4.77. The van der Waals surface area contributed by atoms with Gasteiger partial charge in [0.05, 0.1) is 7.11 Å². The van der Waals surface area contributed by atoms with Crippen LogP contribution in [0.4, 0.5) is 0 Å². The van der Waals surface area contributed by atoms with E-state index in [9.17, 15) is 4.79 Å². The van der Waals surface area contributed by atoms with Crippen molar-refractivity contribution in [3.63, 3.8) is 0 Å². The molecule has 4 heteroatoms. The molecule has 0 bridgehead atoms. The summed E-state index contributed by atoms with van der Waals surface area (Å²) in [5.74, 6) is -0.239. The first-order valence-corrected chi connectivity index (χ1v) is 3.31. The summed E-state index contributed by atoms with van der Waals surface area (Å²) >= 11 is 0. The summed E-state index contributed by atoms with van der Waals surface area (Å²) < 4.78 is 0. The summed E-state index contributed by atoms with van der Waals surface area (Å²) in [4.78, 5) is 14.8. The van der Waals surface area contributed by atoms with Gasteiger partial charge in [0.25, 0.3) is 0 Å². The molecule has 0 radical (unpaired) electrons. The number of hydrogen-bond acceptors (Lipinski definition) is 3. The molecule has 60 valence electrons. The molecule has 0 unspecified atom stereocenters. The molecular formula is C6H14N2O2. The summed E-state index contributed by atoms with van der Waals surface area (Å²) in [6.07, 6.45) is 2.20. The third-order valence-electron chi connectivity index (χ3n) is 1.10. The van der Waals surface area contributed by atoms with Gasteiger partial charge in [-0.2, -0.15) is 0 Å². The molecule has 0 aliphatic heterocycles. The molecule has 0 spiro atoms. The number of unbranched alkanes of at least 4 members (excludes halogenated alkanes) is 1. The van der Waals surface area contributed by atoms with E-state index in [1.165, 1.54) is 0 Å². The second kappa shape index (κ2) is 6.51. The van der Waals surface area contributed by atoms with Crippen LogP contribution in [0.2, 0.25) is 0 Å². The van der Waals surface area contributed by atoms with Gasteiger partial charge in [0.2, 0.25) is 5.91 Å². The predicted octanol–water partition coefficient (Wildman–Crippen LogP) is -0.207. The average Bonchev–Trinajstić information content (AvgIpc) is 1.87. The van der Waals surface area contributed by atoms with E-state index in [0.717, 1.165) is 19.4 Å². The van der Waals surface area contributed by atoms with Crippen LogP contribution in [-0.2, 0) is 9.63 Å². The monoisotopic (exact) mass is 146 g/mol. The highest BCUT2D eigenvalue weighted by molar-refractivity contribution is 5.73. The van der Waals surface area contributed by atoms with Crippen molar-refractivity contribution in [1.82, 2.24) is 5.48 Å². The van der Waals surface area contributed by atoms with Crippen LogP contribution in [0.25, 0.3) is 0 Å². The minimum Gasteiger partial charge on any atom is -0.370 e. The third-order valence-corrected chi connectivity index (χ3v) is 1.10. The number of hydroxylamine groups is 1. The molecule has 10 heavy (non-hydrogen) atoms. The first-order valence-electron chi connectivity index (χ1n) is 3.31. The van der Waals surface area contributed by atoms with Gasteiger partial charge in [0.1, 0.15) is 0 Å². The van der Waals surface area contributed by atoms with Crippen LogP contribution < -0.4 is 11.2 Å². The molecule has 0 atom stereocenters. The van der Waals surface area contributed by atoms with Crippen LogP contribution >= 0.6 is 0 Å². The van der Waals surface area contributed by atoms with Gasteiger partial charge >= 0.3 is 0 Å². The molecule has 0 aliphatic rings. The average molecular weight is 146 g/mol. The quantitative estimate of drug-likeness (QED) is 0.402. The lowest BCUT2D eigenvalue weighted by Gasteiger charge is -1.98. The SMILES string of the molecule is CONCCCCC(N)=O. The Morgan fingerprint density at radius 3 is 2.80 bits per heavy atom.